The van der Waals surface area contributed by atoms with Crippen molar-refractivity contribution in [2.24, 2.45) is 11.3 Å². The van der Waals surface area contributed by atoms with Crippen LogP contribution in [0.25, 0.3) is 0 Å². The maximum absolute atomic E-state index is 13.6. The summed E-state index contributed by atoms with van der Waals surface area (Å²) < 4.78 is 13.6. The molecule has 1 saturated heterocycles. The maximum Gasteiger partial charge on any atom is 0.228 e. The Morgan fingerprint density at radius 2 is 2.16 bits per heavy atom. The molecule has 0 bridgehead atoms. The normalized spacial score (nSPS) is 24.2. The van der Waals surface area contributed by atoms with Gasteiger partial charge in [0.25, 0.3) is 0 Å². The number of nitrogens with one attached hydrogen (secondary N) is 2. The van der Waals surface area contributed by atoms with Gasteiger partial charge in [-0.15, -0.1) is 0 Å². The van der Waals surface area contributed by atoms with E-state index in [1.807, 2.05) is 0 Å². The largest absolute Gasteiger partial charge is 0.323 e. The van der Waals surface area contributed by atoms with Crippen molar-refractivity contribution in [1.82, 2.24) is 5.32 Å². The molecule has 0 radical (unpaired) electrons. The van der Waals surface area contributed by atoms with E-state index < -0.39 is 5.82 Å². The van der Waals surface area contributed by atoms with Crippen LogP contribution in [-0.2, 0) is 4.79 Å². The number of anilines is 1. The predicted molar refractivity (Wildman–Crippen MR) is 72.7 cm³/mol. The molecule has 19 heavy (non-hydrogen) atoms. The molecule has 0 aromatic heterocycles. The average molecular weight is 283 g/mol. The van der Waals surface area contributed by atoms with Gasteiger partial charge in [0.1, 0.15) is 5.82 Å². The van der Waals surface area contributed by atoms with E-state index in [4.69, 9.17) is 11.6 Å². The third-order valence-electron chi connectivity index (χ3n) is 4.29. The summed E-state index contributed by atoms with van der Waals surface area (Å²) in [7, 11) is 0. The Bertz CT molecular complexity index is 514. The number of carbonyl (C=O) groups excluding carboxylic acids is 1. The second-order valence-corrected chi connectivity index (χ2v) is 5.92. The number of amides is 1. The molecule has 1 aromatic rings. The fourth-order valence-corrected chi connectivity index (χ4v) is 3.17. The lowest BCUT2D eigenvalue weighted by Gasteiger charge is -2.23. The van der Waals surface area contributed by atoms with Crippen molar-refractivity contribution in [3.05, 3.63) is 29.0 Å². The van der Waals surface area contributed by atoms with Crippen LogP contribution in [0.4, 0.5) is 10.1 Å². The first-order valence-electron chi connectivity index (χ1n) is 6.57. The molecule has 1 atom stereocenters. The number of rotatable bonds is 2. The van der Waals surface area contributed by atoms with Crippen LogP contribution < -0.4 is 10.6 Å². The summed E-state index contributed by atoms with van der Waals surface area (Å²) in [6.45, 7) is 1.94. The van der Waals surface area contributed by atoms with Crippen molar-refractivity contribution in [2.45, 2.75) is 19.3 Å². The Morgan fingerprint density at radius 3 is 2.84 bits per heavy atom. The van der Waals surface area contributed by atoms with Gasteiger partial charge in [0, 0.05) is 10.9 Å². The summed E-state index contributed by atoms with van der Waals surface area (Å²) in [5.41, 5.74) is 0.378. The molecule has 5 heteroatoms. The first-order valence-corrected chi connectivity index (χ1v) is 6.95. The quantitative estimate of drug-likeness (QED) is 0.876. The number of carbonyl (C=O) groups is 1. The van der Waals surface area contributed by atoms with Gasteiger partial charge in [-0.25, -0.2) is 4.39 Å². The minimum absolute atomic E-state index is 0.0321. The lowest BCUT2D eigenvalue weighted by molar-refractivity contribution is -0.118. The third kappa shape index (κ3) is 2.47. The lowest BCUT2D eigenvalue weighted by Crippen LogP contribution is -2.31. The van der Waals surface area contributed by atoms with Crippen molar-refractivity contribution < 1.29 is 9.18 Å². The topological polar surface area (TPSA) is 41.1 Å². The van der Waals surface area contributed by atoms with E-state index in [-0.39, 0.29) is 22.9 Å². The molecule has 1 spiro atoms. The number of piperidine rings is 1. The fourth-order valence-electron chi connectivity index (χ4n) is 3.01. The van der Waals surface area contributed by atoms with Crippen molar-refractivity contribution in [2.75, 3.05) is 18.4 Å². The van der Waals surface area contributed by atoms with Crippen molar-refractivity contribution in [3.63, 3.8) is 0 Å². The predicted octanol–water partition coefficient (Wildman–Crippen LogP) is 2.81. The number of hydrogen-bond acceptors (Lipinski definition) is 2. The Hall–Kier alpha value is -1.13. The maximum atomic E-state index is 13.6. The Morgan fingerprint density at radius 1 is 1.42 bits per heavy atom. The van der Waals surface area contributed by atoms with E-state index in [9.17, 15) is 9.18 Å². The molecular formula is C14H16ClFN2O. The molecule has 3 nitrogen and oxygen atoms in total. The van der Waals surface area contributed by atoms with Crippen LogP contribution in [-0.4, -0.2) is 19.0 Å². The van der Waals surface area contributed by atoms with E-state index in [0.717, 1.165) is 32.4 Å². The highest BCUT2D eigenvalue weighted by Crippen LogP contribution is 2.58. The molecule has 1 saturated carbocycles. The molecule has 102 valence electrons. The molecule has 1 unspecified atom stereocenters. The highest BCUT2D eigenvalue weighted by Gasteiger charge is 2.57. The van der Waals surface area contributed by atoms with E-state index >= 15 is 0 Å². The van der Waals surface area contributed by atoms with Gasteiger partial charge in [0.15, 0.2) is 0 Å². The molecule has 1 heterocycles. The van der Waals surface area contributed by atoms with Gasteiger partial charge >= 0.3 is 0 Å². The standard InChI is InChI=1S/C14H16ClFN2O/c15-9-1-2-12(11(16)7-9)18-13(19)10-8-14(10)3-5-17-6-4-14/h1-2,7,10,17H,3-6,8H2,(H,18,19). The van der Waals surface area contributed by atoms with Crippen LogP contribution in [0.2, 0.25) is 5.02 Å². The number of hydrogen-bond donors (Lipinski definition) is 2. The summed E-state index contributed by atoms with van der Waals surface area (Å²) >= 11 is 5.69. The molecule has 1 aliphatic heterocycles. The van der Waals surface area contributed by atoms with Gasteiger partial charge in [-0.3, -0.25) is 4.79 Å². The Kier molecular flexibility index (Phi) is 3.23. The molecule has 2 aliphatic rings. The summed E-state index contributed by atoms with van der Waals surface area (Å²) in [4.78, 5) is 12.2. The van der Waals surface area contributed by atoms with Crippen molar-refractivity contribution in [1.29, 1.82) is 0 Å². The van der Waals surface area contributed by atoms with E-state index in [0.29, 0.717) is 5.02 Å². The summed E-state index contributed by atoms with van der Waals surface area (Å²) in [5.74, 6) is -0.520. The molecule has 1 aromatic carbocycles. The molecule has 3 rings (SSSR count). The van der Waals surface area contributed by atoms with Crippen LogP contribution in [0.15, 0.2) is 18.2 Å². The van der Waals surface area contributed by atoms with Crippen LogP contribution in [0, 0.1) is 17.2 Å². The summed E-state index contributed by atoms with van der Waals surface area (Å²) in [6.07, 6.45) is 3.00. The van der Waals surface area contributed by atoms with E-state index in [2.05, 4.69) is 10.6 Å². The third-order valence-corrected chi connectivity index (χ3v) is 4.53. The van der Waals surface area contributed by atoms with Crippen molar-refractivity contribution >= 4 is 23.2 Å². The molecule has 2 N–H and O–H groups in total. The second kappa shape index (κ2) is 4.76. The van der Waals surface area contributed by atoms with Crippen LogP contribution >= 0.6 is 11.6 Å². The summed E-state index contributed by atoms with van der Waals surface area (Å²) in [5, 5.41) is 6.31. The van der Waals surface area contributed by atoms with Gasteiger partial charge in [-0.2, -0.15) is 0 Å². The fraction of sp³-hybridized carbons (Fsp3) is 0.500. The SMILES string of the molecule is O=C(Nc1ccc(Cl)cc1F)C1CC12CCNCC2. The highest BCUT2D eigenvalue weighted by atomic mass is 35.5. The minimum atomic E-state index is -0.485. The van der Waals surface area contributed by atoms with Gasteiger partial charge in [-0.05, 0) is 56.0 Å². The van der Waals surface area contributed by atoms with Gasteiger partial charge in [0.2, 0.25) is 5.91 Å². The van der Waals surface area contributed by atoms with Crippen LogP contribution in [0.1, 0.15) is 19.3 Å². The number of benzene rings is 1. The monoisotopic (exact) mass is 282 g/mol. The van der Waals surface area contributed by atoms with E-state index in [1.165, 1.54) is 12.1 Å². The second-order valence-electron chi connectivity index (χ2n) is 5.48. The molecular weight excluding hydrogens is 267 g/mol. The zero-order valence-electron chi connectivity index (χ0n) is 10.5. The van der Waals surface area contributed by atoms with Gasteiger partial charge in [-0.1, -0.05) is 11.6 Å². The lowest BCUT2D eigenvalue weighted by atomic mass is 9.92. The summed E-state index contributed by atoms with van der Waals surface area (Å²) in [6, 6.07) is 4.30. The first-order chi connectivity index (χ1) is 9.11. The van der Waals surface area contributed by atoms with Gasteiger partial charge < -0.3 is 10.6 Å². The zero-order valence-corrected chi connectivity index (χ0v) is 11.3. The molecule has 1 aliphatic carbocycles. The Labute approximate surface area is 116 Å². The first kappa shape index (κ1) is 12.9. The van der Waals surface area contributed by atoms with Crippen molar-refractivity contribution in [3.8, 4) is 0 Å². The molecule has 1 amide bonds. The van der Waals surface area contributed by atoms with E-state index in [1.54, 1.807) is 6.07 Å². The Balaban J connectivity index is 1.66. The minimum Gasteiger partial charge on any atom is -0.323 e. The highest BCUT2D eigenvalue weighted by molar-refractivity contribution is 6.30. The van der Waals surface area contributed by atoms with Crippen LogP contribution in [0.5, 0.6) is 0 Å². The number of halogens is 2. The van der Waals surface area contributed by atoms with Gasteiger partial charge in [0.05, 0.1) is 5.69 Å². The average Bonchev–Trinajstić information content (AvgIpc) is 3.07. The van der Waals surface area contributed by atoms with Crippen LogP contribution in [0.3, 0.4) is 0 Å². The molecule has 2 fully saturated rings. The zero-order chi connectivity index (χ0) is 13.5. The smallest absolute Gasteiger partial charge is 0.228 e.